The maximum absolute atomic E-state index is 12.1. The zero-order chi connectivity index (χ0) is 14.8. The Labute approximate surface area is 123 Å². The summed E-state index contributed by atoms with van der Waals surface area (Å²) >= 11 is 0. The summed E-state index contributed by atoms with van der Waals surface area (Å²) < 4.78 is 5.11. The molecule has 1 amide bonds. The lowest BCUT2D eigenvalue weighted by Crippen LogP contribution is -2.38. The minimum absolute atomic E-state index is 0.0861. The SMILES string of the molecule is Cc1noc(C)c1CCC(=O)N[C@H]1CCc2cn[nH]c2C1. The number of amides is 1. The van der Waals surface area contributed by atoms with Crippen molar-refractivity contribution in [2.24, 2.45) is 0 Å². The summed E-state index contributed by atoms with van der Waals surface area (Å²) in [6.45, 7) is 3.79. The zero-order valence-corrected chi connectivity index (χ0v) is 12.4. The molecule has 6 nitrogen and oxygen atoms in total. The summed E-state index contributed by atoms with van der Waals surface area (Å²) in [5, 5.41) is 14.1. The summed E-state index contributed by atoms with van der Waals surface area (Å²) in [7, 11) is 0. The number of fused-ring (bicyclic) bond motifs is 1. The monoisotopic (exact) mass is 288 g/mol. The number of aromatic amines is 1. The van der Waals surface area contributed by atoms with Crippen LogP contribution in [0.3, 0.4) is 0 Å². The van der Waals surface area contributed by atoms with Crippen LogP contribution >= 0.6 is 0 Å². The van der Waals surface area contributed by atoms with Crippen LogP contribution in [0.15, 0.2) is 10.7 Å². The molecule has 0 saturated heterocycles. The lowest BCUT2D eigenvalue weighted by atomic mass is 9.93. The second kappa shape index (κ2) is 5.71. The van der Waals surface area contributed by atoms with Gasteiger partial charge in [0.2, 0.25) is 5.91 Å². The number of aromatic nitrogens is 3. The second-order valence-electron chi connectivity index (χ2n) is 5.68. The van der Waals surface area contributed by atoms with E-state index in [2.05, 4.69) is 20.7 Å². The molecule has 0 spiro atoms. The van der Waals surface area contributed by atoms with E-state index in [0.717, 1.165) is 42.0 Å². The molecule has 2 aromatic heterocycles. The third kappa shape index (κ3) is 2.99. The van der Waals surface area contributed by atoms with Gasteiger partial charge in [-0.05, 0) is 38.7 Å². The molecule has 2 aromatic rings. The van der Waals surface area contributed by atoms with E-state index >= 15 is 0 Å². The number of nitrogens with one attached hydrogen (secondary N) is 2. The number of aryl methyl sites for hydroxylation is 3. The standard InChI is InChI=1S/C15H20N4O2/c1-9-13(10(2)21-19-9)5-6-15(20)17-12-4-3-11-8-16-18-14(11)7-12/h8,12H,3-7H2,1-2H3,(H,16,18)(H,17,20)/t12-/m0/s1. The van der Waals surface area contributed by atoms with Gasteiger partial charge in [0.15, 0.2) is 0 Å². The first-order valence-electron chi connectivity index (χ1n) is 7.35. The molecule has 0 bridgehead atoms. The highest BCUT2D eigenvalue weighted by atomic mass is 16.5. The van der Waals surface area contributed by atoms with Crippen molar-refractivity contribution < 1.29 is 9.32 Å². The fraction of sp³-hybridized carbons (Fsp3) is 0.533. The van der Waals surface area contributed by atoms with Crippen molar-refractivity contribution in [2.75, 3.05) is 0 Å². The highest BCUT2D eigenvalue weighted by molar-refractivity contribution is 5.76. The Hall–Kier alpha value is -2.11. The van der Waals surface area contributed by atoms with Crippen molar-refractivity contribution >= 4 is 5.91 Å². The minimum Gasteiger partial charge on any atom is -0.361 e. The molecule has 0 radical (unpaired) electrons. The molecule has 1 aliphatic carbocycles. The molecular weight excluding hydrogens is 268 g/mol. The molecule has 2 N–H and O–H groups in total. The normalized spacial score (nSPS) is 17.5. The first-order chi connectivity index (χ1) is 10.1. The Bertz CT molecular complexity index is 624. The fourth-order valence-electron chi connectivity index (χ4n) is 2.93. The van der Waals surface area contributed by atoms with Crippen LogP contribution in [0.1, 0.15) is 41.1 Å². The summed E-state index contributed by atoms with van der Waals surface area (Å²) in [5.74, 6) is 0.892. The van der Waals surface area contributed by atoms with Crippen LogP contribution in [0.2, 0.25) is 0 Å². The maximum atomic E-state index is 12.1. The molecule has 0 fully saturated rings. The third-order valence-electron chi connectivity index (χ3n) is 4.17. The number of hydrogen-bond acceptors (Lipinski definition) is 4. The van der Waals surface area contributed by atoms with Gasteiger partial charge in [-0.1, -0.05) is 5.16 Å². The van der Waals surface area contributed by atoms with E-state index in [1.165, 1.54) is 5.56 Å². The molecular formula is C15H20N4O2. The number of carbonyl (C=O) groups excluding carboxylic acids is 1. The van der Waals surface area contributed by atoms with Gasteiger partial charge in [-0.2, -0.15) is 5.10 Å². The predicted molar refractivity (Wildman–Crippen MR) is 76.8 cm³/mol. The van der Waals surface area contributed by atoms with E-state index in [-0.39, 0.29) is 11.9 Å². The Kier molecular flexibility index (Phi) is 3.77. The Morgan fingerprint density at radius 2 is 2.38 bits per heavy atom. The van der Waals surface area contributed by atoms with E-state index in [0.29, 0.717) is 12.8 Å². The van der Waals surface area contributed by atoms with Crippen molar-refractivity contribution in [3.05, 3.63) is 34.5 Å². The van der Waals surface area contributed by atoms with Gasteiger partial charge in [-0.25, -0.2) is 0 Å². The number of rotatable bonds is 4. The molecule has 2 heterocycles. The summed E-state index contributed by atoms with van der Waals surface area (Å²) in [5.41, 5.74) is 4.35. The first-order valence-corrected chi connectivity index (χ1v) is 7.35. The molecule has 6 heteroatoms. The van der Waals surface area contributed by atoms with E-state index < -0.39 is 0 Å². The molecule has 112 valence electrons. The first kappa shape index (κ1) is 13.9. The molecule has 1 atom stereocenters. The number of H-pyrrole nitrogens is 1. The second-order valence-corrected chi connectivity index (χ2v) is 5.68. The topological polar surface area (TPSA) is 83.8 Å². The number of carbonyl (C=O) groups is 1. The van der Waals surface area contributed by atoms with Crippen molar-refractivity contribution in [1.82, 2.24) is 20.7 Å². The van der Waals surface area contributed by atoms with Gasteiger partial charge >= 0.3 is 0 Å². The highest BCUT2D eigenvalue weighted by Crippen LogP contribution is 2.19. The van der Waals surface area contributed by atoms with Crippen LogP contribution in [-0.2, 0) is 24.1 Å². The van der Waals surface area contributed by atoms with Crippen molar-refractivity contribution in [2.45, 2.75) is 52.0 Å². The molecule has 0 unspecified atom stereocenters. The Morgan fingerprint density at radius 3 is 3.14 bits per heavy atom. The van der Waals surface area contributed by atoms with Gasteiger partial charge < -0.3 is 9.84 Å². The maximum Gasteiger partial charge on any atom is 0.220 e. The Balaban J connectivity index is 1.51. The number of nitrogens with zero attached hydrogens (tertiary/aromatic N) is 2. The molecule has 0 saturated carbocycles. The largest absolute Gasteiger partial charge is 0.361 e. The lowest BCUT2D eigenvalue weighted by molar-refractivity contribution is -0.121. The van der Waals surface area contributed by atoms with Gasteiger partial charge in [-0.15, -0.1) is 0 Å². The van der Waals surface area contributed by atoms with Crippen molar-refractivity contribution in [3.8, 4) is 0 Å². The van der Waals surface area contributed by atoms with Crippen LogP contribution in [0.4, 0.5) is 0 Å². The summed E-state index contributed by atoms with van der Waals surface area (Å²) in [6.07, 6.45) is 5.81. The van der Waals surface area contributed by atoms with E-state index in [4.69, 9.17) is 4.52 Å². The smallest absolute Gasteiger partial charge is 0.220 e. The number of hydrogen-bond donors (Lipinski definition) is 2. The fourth-order valence-corrected chi connectivity index (χ4v) is 2.93. The minimum atomic E-state index is 0.0861. The van der Waals surface area contributed by atoms with Crippen molar-refractivity contribution in [3.63, 3.8) is 0 Å². The summed E-state index contributed by atoms with van der Waals surface area (Å²) in [6, 6.07) is 0.204. The van der Waals surface area contributed by atoms with E-state index in [9.17, 15) is 4.79 Å². The van der Waals surface area contributed by atoms with Crippen molar-refractivity contribution in [1.29, 1.82) is 0 Å². The van der Waals surface area contributed by atoms with Crippen LogP contribution in [-0.4, -0.2) is 27.3 Å². The van der Waals surface area contributed by atoms with Crippen LogP contribution in [0, 0.1) is 13.8 Å². The average molecular weight is 288 g/mol. The van der Waals surface area contributed by atoms with E-state index in [1.54, 1.807) is 0 Å². The average Bonchev–Trinajstić information content (AvgIpc) is 3.04. The molecule has 21 heavy (non-hydrogen) atoms. The van der Waals surface area contributed by atoms with Gasteiger partial charge in [0.25, 0.3) is 0 Å². The Morgan fingerprint density at radius 1 is 1.52 bits per heavy atom. The predicted octanol–water partition coefficient (Wildman–Crippen LogP) is 1.62. The lowest BCUT2D eigenvalue weighted by Gasteiger charge is -2.22. The molecule has 0 aromatic carbocycles. The third-order valence-corrected chi connectivity index (χ3v) is 4.17. The molecule has 1 aliphatic rings. The zero-order valence-electron chi connectivity index (χ0n) is 12.4. The quantitative estimate of drug-likeness (QED) is 0.895. The molecule has 3 rings (SSSR count). The van der Waals surface area contributed by atoms with Gasteiger partial charge in [-0.3, -0.25) is 9.89 Å². The van der Waals surface area contributed by atoms with Gasteiger partial charge in [0, 0.05) is 30.1 Å². The highest BCUT2D eigenvalue weighted by Gasteiger charge is 2.21. The van der Waals surface area contributed by atoms with Gasteiger partial charge in [0.05, 0.1) is 11.9 Å². The van der Waals surface area contributed by atoms with Crippen LogP contribution < -0.4 is 5.32 Å². The van der Waals surface area contributed by atoms with Crippen LogP contribution in [0.25, 0.3) is 0 Å². The summed E-state index contributed by atoms with van der Waals surface area (Å²) in [4.78, 5) is 12.1. The van der Waals surface area contributed by atoms with Gasteiger partial charge in [0.1, 0.15) is 5.76 Å². The van der Waals surface area contributed by atoms with Crippen LogP contribution in [0.5, 0.6) is 0 Å². The molecule has 0 aliphatic heterocycles. The van der Waals surface area contributed by atoms with E-state index in [1.807, 2.05) is 20.0 Å².